The van der Waals surface area contributed by atoms with Crippen LogP contribution in [0, 0.1) is 6.92 Å². The first kappa shape index (κ1) is 16.9. The number of nitrogen functional groups attached to an aromatic ring is 1. The van der Waals surface area contributed by atoms with Crippen molar-refractivity contribution in [3.05, 3.63) is 84.6 Å². The molecule has 0 atom stereocenters. The maximum atomic E-state index is 6.24. The van der Waals surface area contributed by atoms with Crippen molar-refractivity contribution < 1.29 is 0 Å². The van der Waals surface area contributed by atoms with Gasteiger partial charge in [-0.25, -0.2) is 4.68 Å². The molecule has 0 spiro atoms. The number of benzene rings is 3. The van der Waals surface area contributed by atoms with Gasteiger partial charge < -0.3 is 11.1 Å². The summed E-state index contributed by atoms with van der Waals surface area (Å²) in [6.45, 7) is 2.05. The third-order valence-corrected chi connectivity index (χ3v) is 4.72. The summed E-state index contributed by atoms with van der Waals surface area (Å²) in [6, 6.07) is 26.7. The van der Waals surface area contributed by atoms with Crippen LogP contribution >= 0.6 is 0 Å². The van der Waals surface area contributed by atoms with Gasteiger partial charge in [-0.3, -0.25) is 0 Å². The molecule has 0 aliphatic rings. The minimum Gasteiger partial charge on any atom is -0.397 e. The van der Waals surface area contributed by atoms with E-state index in [9.17, 15) is 0 Å². The van der Waals surface area contributed by atoms with Crippen LogP contribution in [0.1, 0.15) is 5.69 Å². The van der Waals surface area contributed by atoms with Crippen molar-refractivity contribution in [2.45, 2.75) is 6.92 Å². The van der Waals surface area contributed by atoms with E-state index >= 15 is 0 Å². The summed E-state index contributed by atoms with van der Waals surface area (Å²) in [5.41, 5.74) is 14.2. The van der Waals surface area contributed by atoms with E-state index in [2.05, 4.69) is 47.8 Å². The molecule has 4 aromatic rings. The van der Waals surface area contributed by atoms with Gasteiger partial charge in [0.2, 0.25) is 0 Å². The van der Waals surface area contributed by atoms with Crippen LogP contribution in [0.5, 0.6) is 0 Å². The van der Waals surface area contributed by atoms with E-state index in [1.807, 2.05) is 55.1 Å². The minimum absolute atomic E-state index is 0.723. The monoisotopic (exact) mass is 354 g/mol. The topological polar surface area (TPSA) is 55.9 Å². The normalized spacial score (nSPS) is 10.7. The smallest absolute Gasteiger partial charge is 0.0822 e. The Hall–Kier alpha value is -3.53. The summed E-state index contributed by atoms with van der Waals surface area (Å²) >= 11 is 0. The number of aryl methyl sites for hydroxylation is 1. The van der Waals surface area contributed by atoms with E-state index in [1.165, 1.54) is 0 Å². The lowest BCUT2D eigenvalue weighted by Gasteiger charge is -2.12. The van der Waals surface area contributed by atoms with Crippen LogP contribution in [-0.2, 0) is 0 Å². The molecular weight excluding hydrogens is 332 g/mol. The summed E-state index contributed by atoms with van der Waals surface area (Å²) in [5.74, 6) is 0. The molecule has 0 unspecified atom stereocenters. The molecule has 0 aliphatic heterocycles. The first-order valence-corrected chi connectivity index (χ1v) is 8.97. The summed E-state index contributed by atoms with van der Waals surface area (Å²) < 4.78 is 2.02. The van der Waals surface area contributed by atoms with E-state index in [0.29, 0.717) is 0 Å². The van der Waals surface area contributed by atoms with Gasteiger partial charge in [0, 0.05) is 18.2 Å². The van der Waals surface area contributed by atoms with Crippen LogP contribution in [0.15, 0.2) is 78.9 Å². The van der Waals surface area contributed by atoms with Gasteiger partial charge >= 0.3 is 0 Å². The molecule has 0 fully saturated rings. The molecule has 4 rings (SSSR count). The van der Waals surface area contributed by atoms with Gasteiger partial charge in [-0.2, -0.15) is 5.10 Å². The highest BCUT2D eigenvalue weighted by atomic mass is 15.3. The Morgan fingerprint density at radius 3 is 2.15 bits per heavy atom. The van der Waals surface area contributed by atoms with E-state index in [1.54, 1.807) is 0 Å². The standard InChI is InChI=1S/C23H22N4/c1-16-22(18-13-14-21(25-2)20(24)15-18)23(17-9-5-3-6-10-17)27(26-16)19-11-7-4-8-12-19/h3-15,25H,24H2,1-2H3. The van der Waals surface area contributed by atoms with E-state index in [-0.39, 0.29) is 0 Å². The average molecular weight is 354 g/mol. The number of hydrogen-bond donors (Lipinski definition) is 2. The van der Waals surface area contributed by atoms with Gasteiger partial charge in [-0.05, 0) is 36.8 Å². The number of rotatable bonds is 4. The number of aromatic nitrogens is 2. The van der Waals surface area contributed by atoms with Gasteiger partial charge in [0.25, 0.3) is 0 Å². The first-order valence-electron chi connectivity index (χ1n) is 8.97. The molecule has 4 nitrogen and oxygen atoms in total. The Bertz CT molecular complexity index is 1070. The number of hydrogen-bond acceptors (Lipinski definition) is 3. The van der Waals surface area contributed by atoms with Crippen molar-refractivity contribution in [1.29, 1.82) is 0 Å². The van der Waals surface area contributed by atoms with Crippen LogP contribution in [0.4, 0.5) is 11.4 Å². The largest absolute Gasteiger partial charge is 0.397 e. The fraction of sp³-hybridized carbons (Fsp3) is 0.0870. The lowest BCUT2D eigenvalue weighted by molar-refractivity contribution is 0.869. The highest BCUT2D eigenvalue weighted by Gasteiger charge is 2.20. The zero-order valence-corrected chi connectivity index (χ0v) is 15.5. The lowest BCUT2D eigenvalue weighted by atomic mass is 9.98. The molecule has 134 valence electrons. The second kappa shape index (κ2) is 7.00. The number of nitrogens with zero attached hydrogens (tertiary/aromatic N) is 2. The van der Waals surface area contributed by atoms with E-state index in [0.717, 1.165) is 45.1 Å². The number of anilines is 2. The predicted octanol–water partition coefficient (Wildman–Crippen LogP) is 5.14. The van der Waals surface area contributed by atoms with Crippen molar-refractivity contribution in [2.75, 3.05) is 18.1 Å². The Kier molecular flexibility index (Phi) is 4.38. The van der Waals surface area contributed by atoms with Crippen LogP contribution < -0.4 is 11.1 Å². The third-order valence-electron chi connectivity index (χ3n) is 4.72. The van der Waals surface area contributed by atoms with Crippen LogP contribution in [0.2, 0.25) is 0 Å². The fourth-order valence-electron chi connectivity index (χ4n) is 3.44. The second-order valence-corrected chi connectivity index (χ2v) is 6.47. The van der Waals surface area contributed by atoms with Gasteiger partial charge in [0.05, 0.1) is 28.5 Å². The predicted molar refractivity (Wildman–Crippen MR) is 113 cm³/mol. The summed E-state index contributed by atoms with van der Waals surface area (Å²) in [4.78, 5) is 0. The molecule has 0 radical (unpaired) electrons. The van der Waals surface area contributed by atoms with Gasteiger partial charge in [0.15, 0.2) is 0 Å². The van der Waals surface area contributed by atoms with Crippen molar-refractivity contribution in [2.24, 2.45) is 0 Å². The van der Waals surface area contributed by atoms with E-state index in [4.69, 9.17) is 10.8 Å². The molecule has 0 aliphatic carbocycles. The molecule has 3 aromatic carbocycles. The Balaban J connectivity index is 2.00. The van der Waals surface area contributed by atoms with Gasteiger partial charge in [-0.1, -0.05) is 54.6 Å². The SMILES string of the molecule is CNc1ccc(-c2c(C)nn(-c3ccccc3)c2-c2ccccc2)cc1N. The van der Waals surface area contributed by atoms with Gasteiger partial charge in [-0.15, -0.1) is 0 Å². The first-order chi connectivity index (χ1) is 13.2. The van der Waals surface area contributed by atoms with Crippen molar-refractivity contribution in [3.63, 3.8) is 0 Å². The van der Waals surface area contributed by atoms with Crippen molar-refractivity contribution >= 4 is 11.4 Å². The molecule has 0 bridgehead atoms. The van der Waals surface area contributed by atoms with Crippen LogP contribution in [0.3, 0.4) is 0 Å². The third kappa shape index (κ3) is 3.06. The van der Waals surface area contributed by atoms with Crippen molar-refractivity contribution in [3.8, 4) is 28.1 Å². The molecule has 1 aromatic heterocycles. The number of para-hydroxylation sites is 1. The Morgan fingerprint density at radius 1 is 0.852 bits per heavy atom. The number of nitrogens with two attached hydrogens (primary N) is 1. The summed E-state index contributed by atoms with van der Waals surface area (Å²) in [7, 11) is 1.87. The molecule has 0 saturated carbocycles. The molecule has 4 heteroatoms. The quantitative estimate of drug-likeness (QED) is 0.499. The highest BCUT2D eigenvalue weighted by molar-refractivity contribution is 5.87. The second-order valence-electron chi connectivity index (χ2n) is 6.47. The molecule has 0 amide bonds. The lowest BCUT2D eigenvalue weighted by Crippen LogP contribution is -1.99. The zero-order valence-electron chi connectivity index (χ0n) is 15.5. The fourth-order valence-corrected chi connectivity index (χ4v) is 3.44. The van der Waals surface area contributed by atoms with Gasteiger partial charge in [0.1, 0.15) is 0 Å². The summed E-state index contributed by atoms with van der Waals surface area (Å²) in [5, 5.41) is 7.99. The Labute approximate surface area is 159 Å². The maximum Gasteiger partial charge on any atom is 0.0822 e. The average Bonchev–Trinajstić information content (AvgIpc) is 3.06. The molecule has 27 heavy (non-hydrogen) atoms. The Morgan fingerprint density at radius 2 is 1.52 bits per heavy atom. The summed E-state index contributed by atoms with van der Waals surface area (Å²) in [6.07, 6.45) is 0. The molecule has 0 saturated heterocycles. The van der Waals surface area contributed by atoms with Crippen LogP contribution in [-0.4, -0.2) is 16.8 Å². The maximum absolute atomic E-state index is 6.24. The number of nitrogens with one attached hydrogen (secondary N) is 1. The van der Waals surface area contributed by atoms with Crippen LogP contribution in [0.25, 0.3) is 28.1 Å². The molecule has 1 heterocycles. The molecular formula is C23H22N4. The zero-order chi connectivity index (χ0) is 18.8. The highest BCUT2D eigenvalue weighted by Crippen LogP contribution is 2.38. The molecule has 3 N–H and O–H groups in total. The minimum atomic E-state index is 0.723. The van der Waals surface area contributed by atoms with E-state index < -0.39 is 0 Å². The van der Waals surface area contributed by atoms with Crippen molar-refractivity contribution in [1.82, 2.24) is 9.78 Å².